The molecule has 0 unspecified atom stereocenters. The molecule has 1 aliphatic rings. The van der Waals surface area contributed by atoms with Crippen LogP contribution in [0.5, 0.6) is 5.75 Å². The Labute approximate surface area is 85.8 Å². The average Bonchev–Trinajstić information content (AvgIpc) is 2.73. The highest BCUT2D eigenvalue weighted by Crippen LogP contribution is 2.15. The number of ether oxygens (including phenoxy) is 1. The molecule has 80 valence electrons. The van der Waals surface area contributed by atoms with Crippen molar-refractivity contribution in [2.24, 2.45) is 4.99 Å². The van der Waals surface area contributed by atoms with E-state index >= 15 is 0 Å². The third-order valence-corrected chi connectivity index (χ3v) is 2.01. The summed E-state index contributed by atoms with van der Waals surface area (Å²) in [7, 11) is 0. The van der Waals surface area contributed by atoms with E-state index in [4.69, 9.17) is 4.74 Å². The molecule has 1 aliphatic heterocycles. The van der Waals surface area contributed by atoms with Crippen molar-refractivity contribution < 1.29 is 13.5 Å². The van der Waals surface area contributed by atoms with Crippen LogP contribution < -0.4 is 10.1 Å². The van der Waals surface area contributed by atoms with Crippen LogP contribution in [0.2, 0.25) is 0 Å². The first kappa shape index (κ1) is 9.89. The highest BCUT2D eigenvalue weighted by molar-refractivity contribution is 5.84. The quantitative estimate of drug-likeness (QED) is 0.820. The number of nitrogens with one attached hydrogen (secondary N) is 1. The van der Waals surface area contributed by atoms with Gasteiger partial charge in [0.2, 0.25) is 0 Å². The molecule has 0 spiro atoms. The van der Waals surface area contributed by atoms with Crippen LogP contribution in [-0.4, -0.2) is 25.5 Å². The van der Waals surface area contributed by atoms with Crippen molar-refractivity contribution in [2.45, 2.75) is 0 Å². The lowest BCUT2D eigenvalue weighted by Gasteiger charge is -2.06. The zero-order valence-corrected chi connectivity index (χ0v) is 7.96. The maximum absolute atomic E-state index is 12.8. The normalized spacial score (nSPS) is 14.7. The second-order valence-electron chi connectivity index (χ2n) is 3.12. The summed E-state index contributed by atoms with van der Waals surface area (Å²) in [4.78, 5) is 4.10. The molecule has 0 radical (unpaired) electrons. The van der Waals surface area contributed by atoms with Crippen LogP contribution in [0, 0.1) is 11.6 Å². The lowest BCUT2D eigenvalue weighted by Crippen LogP contribution is -2.24. The Morgan fingerprint density at radius 1 is 1.33 bits per heavy atom. The van der Waals surface area contributed by atoms with Gasteiger partial charge in [-0.3, -0.25) is 4.99 Å². The predicted octanol–water partition coefficient (Wildman–Crippen LogP) is 1.35. The Kier molecular flexibility index (Phi) is 2.80. The number of benzene rings is 1. The topological polar surface area (TPSA) is 33.6 Å². The molecule has 0 atom stereocenters. The number of hydrogen-bond acceptors (Lipinski definition) is 3. The third kappa shape index (κ3) is 2.43. The molecule has 1 aromatic carbocycles. The molecule has 2 rings (SSSR count). The first-order valence-corrected chi connectivity index (χ1v) is 4.61. The summed E-state index contributed by atoms with van der Waals surface area (Å²) in [5, 5.41) is 3.01. The number of nitrogens with zero attached hydrogens (tertiary/aromatic N) is 1. The fourth-order valence-electron chi connectivity index (χ4n) is 1.26. The SMILES string of the molecule is Fc1ccc(OCC2=NCCN2)cc1F. The van der Waals surface area contributed by atoms with E-state index in [1.165, 1.54) is 6.07 Å². The highest BCUT2D eigenvalue weighted by Gasteiger charge is 2.07. The van der Waals surface area contributed by atoms with E-state index in [1.54, 1.807) is 0 Å². The van der Waals surface area contributed by atoms with Crippen LogP contribution in [0.3, 0.4) is 0 Å². The average molecular weight is 212 g/mol. The van der Waals surface area contributed by atoms with Crippen LogP contribution in [0.15, 0.2) is 23.2 Å². The summed E-state index contributed by atoms with van der Waals surface area (Å²) < 4.78 is 30.6. The lowest BCUT2D eigenvalue weighted by molar-refractivity contribution is 0.368. The van der Waals surface area contributed by atoms with Crippen molar-refractivity contribution in [3.63, 3.8) is 0 Å². The fraction of sp³-hybridized carbons (Fsp3) is 0.300. The molecule has 3 nitrogen and oxygen atoms in total. The molecule has 0 saturated carbocycles. The van der Waals surface area contributed by atoms with Crippen molar-refractivity contribution in [1.82, 2.24) is 5.32 Å². The number of halogens is 2. The molecular weight excluding hydrogens is 202 g/mol. The summed E-state index contributed by atoms with van der Waals surface area (Å²) in [5.41, 5.74) is 0. The third-order valence-electron chi connectivity index (χ3n) is 2.01. The molecule has 0 fully saturated rings. The molecule has 5 heteroatoms. The van der Waals surface area contributed by atoms with Crippen molar-refractivity contribution in [3.05, 3.63) is 29.8 Å². The minimum atomic E-state index is -0.909. The van der Waals surface area contributed by atoms with Gasteiger partial charge in [0, 0.05) is 12.6 Å². The fourth-order valence-corrected chi connectivity index (χ4v) is 1.26. The Balaban J connectivity index is 1.96. The maximum Gasteiger partial charge on any atom is 0.162 e. The number of hydrogen-bond donors (Lipinski definition) is 1. The van der Waals surface area contributed by atoms with E-state index in [2.05, 4.69) is 10.3 Å². The van der Waals surface area contributed by atoms with E-state index in [1.807, 2.05) is 0 Å². The van der Waals surface area contributed by atoms with Crippen molar-refractivity contribution in [3.8, 4) is 5.75 Å². The second kappa shape index (κ2) is 4.25. The Morgan fingerprint density at radius 2 is 2.20 bits per heavy atom. The van der Waals surface area contributed by atoms with Gasteiger partial charge in [0.1, 0.15) is 18.2 Å². The molecule has 0 saturated heterocycles. The lowest BCUT2D eigenvalue weighted by atomic mass is 10.3. The maximum atomic E-state index is 12.8. The molecule has 0 amide bonds. The largest absolute Gasteiger partial charge is 0.486 e. The monoisotopic (exact) mass is 212 g/mol. The summed E-state index contributed by atoms with van der Waals surface area (Å²) in [6.45, 7) is 1.79. The van der Waals surface area contributed by atoms with Crippen LogP contribution in [0.1, 0.15) is 0 Å². The van der Waals surface area contributed by atoms with Gasteiger partial charge in [0.25, 0.3) is 0 Å². The predicted molar refractivity (Wildman–Crippen MR) is 52.2 cm³/mol. The zero-order valence-electron chi connectivity index (χ0n) is 7.96. The minimum Gasteiger partial charge on any atom is -0.486 e. The molecule has 1 N–H and O–H groups in total. The molecule has 15 heavy (non-hydrogen) atoms. The summed E-state index contributed by atoms with van der Waals surface area (Å²) >= 11 is 0. The van der Waals surface area contributed by atoms with E-state index < -0.39 is 11.6 Å². The zero-order chi connectivity index (χ0) is 10.7. The standard InChI is InChI=1S/C10H10F2N2O/c11-8-2-1-7(5-9(8)12)15-6-10-13-3-4-14-10/h1-2,5H,3-4,6H2,(H,13,14). The van der Waals surface area contributed by atoms with Crippen LogP contribution in [0.4, 0.5) is 8.78 Å². The summed E-state index contributed by atoms with van der Waals surface area (Å²) in [5.74, 6) is -0.752. The van der Waals surface area contributed by atoms with E-state index in [0.29, 0.717) is 5.75 Å². The van der Waals surface area contributed by atoms with Crippen LogP contribution >= 0.6 is 0 Å². The van der Waals surface area contributed by atoms with Gasteiger partial charge >= 0.3 is 0 Å². The Morgan fingerprint density at radius 3 is 2.87 bits per heavy atom. The van der Waals surface area contributed by atoms with Gasteiger partial charge in [-0.1, -0.05) is 0 Å². The minimum absolute atomic E-state index is 0.255. The number of amidine groups is 1. The molecule has 0 bridgehead atoms. The highest BCUT2D eigenvalue weighted by atomic mass is 19.2. The van der Waals surface area contributed by atoms with Gasteiger partial charge in [-0.25, -0.2) is 8.78 Å². The Hall–Kier alpha value is -1.65. The number of aliphatic imine (C=N–C) groups is 1. The first-order valence-electron chi connectivity index (χ1n) is 4.61. The van der Waals surface area contributed by atoms with Gasteiger partial charge in [-0.05, 0) is 12.1 Å². The van der Waals surface area contributed by atoms with Crippen LogP contribution in [0.25, 0.3) is 0 Å². The van der Waals surface area contributed by atoms with E-state index in [-0.39, 0.29) is 6.61 Å². The van der Waals surface area contributed by atoms with E-state index in [9.17, 15) is 8.78 Å². The molecule has 1 heterocycles. The second-order valence-corrected chi connectivity index (χ2v) is 3.12. The van der Waals surface area contributed by atoms with Gasteiger partial charge < -0.3 is 10.1 Å². The smallest absolute Gasteiger partial charge is 0.162 e. The van der Waals surface area contributed by atoms with E-state index in [0.717, 1.165) is 31.1 Å². The first-order chi connectivity index (χ1) is 7.25. The molecule has 0 aromatic heterocycles. The summed E-state index contributed by atoms with van der Waals surface area (Å²) in [6.07, 6.45) is 0. The molecule has 1 aromatic rings. The van der Waals surface area contributed by atoms with Gasteiger partial charge in [0.05, 0.1) is 6.54 Å². The van der Waals surface area contributed by atoms with Gasteiger partial charge in [-0.15, -0.1) is 0 Å². The van der Waals surface area contributed by atoms with Gasteiger partial charge in [0.15, 0.2) is 11.6 Å². The van der Waals surface area contributed by atoms with Gasteiger partial charge in [-0.2, -0.15) is 0 Å². The Bertz CT molecular complexity index is 393. The van der Waals surface area contributed by atoms with Crippen LogP contribution in [-0.2, 0) is 0 Å². The number of rotatable bonds is 3. The molecule has 0 aliphatic carbocycles. The summed E-state index contributed by atoms with van der Waals surface area (Å²) in [6, 6.07) is 3.44. The molecular formula is C10H10F2N2O. The van der Waals surface area contributed by atoms with Crippen molar-refractivity contribution in [2.75, 3.05) is 19.7 Å². The van der Waals surface area contributed by atoms with Crippen molar-refractivity contribution in [1.29, 1.82) is 0 Å². The van der Waals surface area contributed by atoms with Crippen molar-refractivity contribution >= 4 is 5.84 Å².